The summed E-state index contributed by atoms with van der Waals surface area (Å²) in [5.41, 5.74) is 0. The van der Waals surface area contributed by atoms with Gasteiger partial charge >= 0.3 is 0 Å². The lowest BCUT2D eigenvalue weighted by Gasteiger charge is -2.19. The molecule has 0 radical (unpaired) electrons. The van der Waals surface area contributed by atoms with Crippen LogP contribution in [0.4, 0.5) is 4.39 Å². The summed E-state index contributed by atoms with van der Waals surface area (Å²) in [6.45, 7) is 4.96. The van der Waals surface area contributed by atoms with Crippen molar-refractivity contribution in [2.75, 3.05) is 12.4 Å². The molecule has 0 bridgehead atoms. The van der Waals surface area contributed by atoms with Gasteiger partial charge in [0.25, 0.3) is 0 Å². The van der Waals surface area contributed by atoms with E-state index in [4.69, 9.17) is 4.74 Å². The molecule has 6 heteroatoms. The Morgan fingerprint density at radius 2 is 2.00 bits per heavy atom. The number of hydrogen-bond donors (Lipinski definition) is 0. The number of ether oxygens (including phenoxy) is 1. The standard InChI is InChI=1S/C11H16FNO3S/c1-11(2,3)17(14,15)7-6-16-9-4-5-10(12)13-8-9/h4-5,8H,6-7H2,1-3H3. The molecule has 0 aliphatic rings. The normalized spacial score (nSPS) is 12.5. The highest BCUT2D eigenvalue weighted by atomic mass is 32.2. The first-order valence-electron chi connectivity index (χ1n) is 5.19. The highest BCUT2D eigenvalue weighted by molar-refractivity contribution is 7.92. The molecule has 0 fully saturated rings. The third-order valence-corrected chi connectivity index (χ3v) is 4.82. The van der Waals surface area contributed by atoms with Gasteiger partial charge in [0.2, 0.25) is 5.95 Å². The van der Waals surface area contributed by atoms with Crippen LogP contribution < -0.4 is 4.74 Å². The zero-order valence-corrected chi connectivity index (χ0v) is 10.9. The molecular formula is C11H16FNO3S. The highest BCUT2D eigenvalue weighted by Gasteiger charge is 2.28. The summed E-state index contributed by atoms with van der Waals surface area (Å²) >= 11 is 0. The minimum Gasteiger partial charge on any atom is -0.491 e. The summed E-state index contributed by atoms with van der Waals surface area (Å²) in [5, 5.41) is 0. The van der Waals surface area contributed by atoms with Crippen molar-refractivity contribution in [2.24, 2.45) is 0 Å². The first-order chi connectivity index (χ1) is 7.72. The van der Waals surface area contributed by atoms with Gasteiger partial charge in [0, 0.05) is 0 Å². The van der Waals surface area contributed by atoms with Crippen LogP contribution in [0, 0.1) is 5.95 Å². The van der Waals surface area contributed by atoms with Gasteiger partial charge in [-0.1, -0.05) is 0 Å². The molecule has 1 aromatic heterocycles. The lowest BCUT2D eigenvalue weighted by atomic mass is 10.3. The summed E-state index contributed by atoms with van der Waals surface area (Å²) in [4.78, 5) is 3.40. The zero-order chi connectivity index (χ0) is 13.1. The summed E-state index contributed by atoms with van der Waals surface area (Å²) < 4.78 is 40.4. The van der Waals surface area contributed by atoms with Crippen LogP contribution >= 0.6 is 0 Å². The van der Waals surface area contributed by atoms with Crippen molar-refractivity contribution in [3.8, 4) is 5.75 Å². The van der Waals surface area contributed by atoms with Gasteiger partial charge in [-0.05, 0) is 32.9 Å². The molecule has 1 aromatic rings. The summed E-state index contributed by atoms with van der Waals surface area (Å²) in [6, 6.07) is 2.57. The molecule has 0 saturated heterocycles. The molecule has 0 atom stereocenters. The Balaban J connectivity index is 2.52. The van der Waals surface area contributed by atoms with E-state index < -0.39 is 20.5 Å². The van der Waals surface area contributed by atoms with Crippen LogP contribution in [0.3, 0.4) is 0 Å². The van der Waals surface area contributed by atoms with E-state index in [9.17, 15) is 12.8 Å². The largest absolute Gasteiger partial charge is 0.491 e. The maximum absolute atomic E-state index is 12.5. The van der Waals surface area contributed by atoms with Crippen LogP contribution in [0.15, 0.2) is 18.3 Å². The lowest BCUT2D eigenvalue weighted by molar-refractivity contribution is 0.337. The van der Waals surface area contributed by atoms with Crippen molar-refractivity contribution >= 4 is 9.84 Å². The molecule has 1 heterocycles. The van der Waals surface area contributed by atoms with Gasteiger partial charge in [0.05, 0.1) is 16.7 Å². The second-order valence-electron chi connectivity index (χ2n) is 4.60. The molecule has 0 N–H and O–H groups in total. The Labute approximate surface area is 101 Å². The third-order valence-electron chi connectivity index (χ3n) is 2.25. The number of hydrogen-bond acceptors (Lipinski definition) is 4. The minimum atomic E-state index is -3.20. The fourth-order valence-corrected chi connectivity index (χ4v) is 1.94. The molecular weight excluding hydrogens is 245 g/mol. The Morgan fingerprint density at radius 3 is 2.47 bits per heavy atom. The van der Waals surface area contributed by atoms with Gasteiger partial charge in [-0.3, -0.25) is 0 Å². The maximum atomic E-state index is 12.5. The van der Waals surface area contributed by atoms with Gasteiger partial charge in [-0.25, -0.2) is 13.4 Å². The molecule has 0 unspecified atom stereocenters. The molecule has 0 aliphatic carbocycles. The number of rotatable bonds is 4. The van der Waals surface area contributed by atoms with Gasteiger partial charge in [-0.15, -0.1) is 0 Å². The predicted octanol–water partition coefficient (Wildman–Crippen LogP) is 1.81. The fraction of sp³-hybridized carbons (Fsp3) is 0.545. The third kappa shape index (κ3) is 3.96. The molecule has 0 aliphatic heterocycles. The van der Waals surface area contributed by atoms with E-state index in [2.05, 4.69) is 4.98 Å². The highest BCUT2D eigenvalue weighted by Crippen LogP contribution is 2.16. The lowest BCUT2D eigenvalue weighted by Crippen LogP contribution is -2.32. The first kappa shape index (κ1) is 13.9. The number of sulfone groups is 1. The van der Waals surface area contributed by atoms with Gasteiger partial charge < -0.3 is 4.74 Å². The zero-order valence-electron chi connectivity index (χ0n) is 10.1. The van der Waals surface area contributed by atoms with Crippen LogP contribution in [-0.4, -0.2) is 30.5 Å². The first-order valence-corrected chi connectivity index (χ1v) is 6.84. The van der Waals surface area contributed by atoms with E-state index in [0.29, 0.717) is 5.75 Å². The second kappa shape index (κ2) is 5.00. The number of nitrogens with zero attached hydrogens (tertiary/aromatic N) is 1. The summed E-state index contributed by atoms with van der Waals surface area (Å²) in [6.07, 6.45) is 1.22. The van der Waals surface area contributed by atoms with Gasteiger partial charge in [0.15, 0.2) is 9.84 Å². The van der Waals surface area contributed by atoms with Gasteiger partial charge in [-0.2, -0.15) is 4.39 Å². The Bertz CT molecular complexity index is 462. The van der Waals surface area contributed by atoms with E-state index in [0.717, 1.165) is 6.07 Å². The molecule has 96 valence electrons. The maximum Gasteiger partial charge on any atom is 0.213 e. The SMILES string of the molecule is CC(C)(C)S(=O)(=O)CCOc1ccc(F)nc1. The van der Waals surface area contributed by atoms with E-state index in [1.54, 1.807) is 20.8 Å². The van der Waals surface area contributed by atoms with E-state index in [-0.39, 0.29) is 12.4 Å². The van der Waals surface area contributed by atoms with Crippen LogP contribution in [0.1, 0.15) is 20.8 Å². The molecule has 0 amide bonds. The van der Waals surface area contributed by atoms with Crippen molar-refractivity contribution in [2.45, 2.75) is 25.5 Å². The van der Waals surface area contributed by atoms with Crippen molar-refractivity contribution in [1.29, 1.82) is 0 Å². The molecule has 0 spiro atoms. The second-order valence-corrected chi connectivity index (χ2v) is 7.46. The summed E-state index contributed by atoms with van der Waals surface area (Å²) in [7, 11) is -3.20. The van der Waals surface area contributed by atoms with Crippen molar-refractivity contribution < 1.29 is 17.5 Å². The van der Waals surface area contributed by atoms with Crippen LogP contribution in [0.25, 0.3) is 0 Å². The van der Waals surface area contributed by atoms with Crippen molar-refractivity contribution in [3.63, 3.8) is 0 Å². The predicted molar refractivity (Wildman–Crippen MR) is 63.2 cm³/mol. The monoisotopic (exact) mass is 261 g/mol. The summed E-state index contributed by atoms with van der Waals surface area (Å²) in [5.74, 6) is -0.316. The molecule has 0 aromatic carbocycles. The van der Waals surface area contributed by atoms with Crippen molar-refractivity contribution in [3.05, 3.63) is 24.3 Å². The molecule has 0 saturated carbocycles. The number of pyridine rings is 1. The molecule has 4 nitrogen and oxygen atoms in total. The molecule has 1 rings (SSSR count). The number of aromatic nitrogens is 1. The van der Waals surface area contributed by atoms with Crippen LogP contribution in [0.5, 0.6) is 5.75 Å². The molecule has 17 heavy (non-hydrogen) atoms. The average molecular weight is 261 g/mol. The van der Waals surface area contributed by atoms with Gasteiger partial charge in [0.1, 0.15) is 12.4 Å². The smallest absolute Gasteiger partial charge is 0.213 e. The van der Waals surface area contributed by atoms with Crippen molar-refractivity contribution in [1.82, 2.24) is 4.98 Å². The van der Waals surface area contributed by atoms with Crippen LogP contribution in [0.2, 0.25) is 0 Å². The van der Waals surface area contributed by atoms with Crippen LogP contribution in [-0.2, 0) is 9.84 Å². The average Bonchev–Trinajstić information content (AvgIpc) is 2.19. The van der Waals surface area contributed by atoms with E-state index in [1.165, 1.54) is 12.3 Å². The van der Waals surface area contributed by atoms with E-state index >= 15 is 0 Å². The fourth-order valence-electron chi connectivity index (χ4n) is 1.02. The quantitative estimate of drug-likeness (QED) is 0.776. The topological polar surface area (TPSA) is 56.3 Å². The Kier molecular flexibility index (Phi) is 4.08. The minimum absolute atomic E-state index is 0.0346. The number of halogens is 1. The Hall–Kier alpha value is -1.17. The van der Waals surface area contributed by atoms with E-state index in [1.807, 2.05) is 0 Å². The Morgan fingerprint density at radius 1 is 1.35 bits per heavy atom.